The van der Waals surface area contributed by atoms with E-state index in [0.29, 0.717) is 12.3 Å². The molecule has 4 aromatic rings. The van der Waals surface area contributed by atoms with Crippen LogP contribution in [-0.2, 0) is 6.54 Å². The number of benzene rings is 3. The van der Waals surface area contributed by atoms with Gasteiger partial charge in [-0.1, -0.05) is 36.4 Å². The molecule has 24 heavy (non-hydrogen) atoms. The van der Waals surface area contributed by atoms with E-state index in [1.807, 2.05) is 24.3 Å². The molecule has 0 fully saturated rings. The van der Waals surface area contributed by atoms with Crippen LogP contribution in [0.5, 0.6) is 5.75 Å². The van der Waals surface area contributed by atoms with Crippen molar-refractivity contribution in [2.24, 2.45) is 0 Å². The highest BCUT2D eigenvalue weighted by atomic mass is 16.5. The normalized spacial score (nSPS) is 10.9. The maximum Gasteiger partial charge on any atom is 0.569 e. The number of hydrogen-bond acceptors (Lipinski definition) is 2. The zero-order chi connectivity index (χ0) is 16.4. The molecule has 0 aliphatic carbocycles. The van der Waals surface area contributed by atoms with Gasteiger partial charge in [-0.15, -0.1) is 0 Å². The van der Waals surface area contributed by atoms with E-state index in [4.69, 9.17) is 9.68 Å². The van der Waals surface area contributed by atoms with E-state index < -0.39 is 0 Å². The van der Waals surface area contributed by atoms with Gasteiger partial charge in [0.2, 0.25) is 11.0 Å². The van der Waals surface area contributed by atoms with Crippen LogP contribution in [0.4, 0.5) is 0 Å². The van der Waals surface area contributed by atoms with Gasteiger partial charge in [0.05, 0.1) is 5.56 Å². The van der Waals surface area contributed by atoms with E-state index in [2.05, 4.69) is 59.2 Å². The second-order valence-corrected chi connectivity index (χ2v) is 5.68. The Morgan fingerprint density at radius 2 is 1.38 bits per heavy atom. The summed E-state index contributed by atoms with van der Waals surface area (Å²) in [5.74, 6) is 0.657. The topological polar surface area (TPSA) is 33.3 Å². The van der Waals surface area contributed by atoms with E-state index in [9.17, 15) is 0 Å². The number of hydrogen-bond donors (Lipinski definition) is 1. The van der Waals surface area contributed by atoms with Crippen LogP contribution in [0.1, 0.15) is 5.56 Å². The van der Waals surface area contributed by atoms with Crippen LogP contribution in [-0.4, -0.2) is 12.7 Å². The van der Waals surface area contributed by atoms with Crippen molar-refractivity contribution in [3.05, 3.63) is 84.4 Å². The van der Waals surface area contributed by atoms with Crippen molar-refractivity contribution in [1.29, 1.82) is 0 Å². The van der Waals surface area contributed by atoms with Gasteiger partial charge in [0, 0.05) is 22.9 Å². The Hall–Kier alpha value is -2.85. The predicted molar refractivity (Wildman–Crippen MR) is 95.8 cm³/mol. The van der Waals surface area contributed by atoms with Gasteiger partial charge in [0.15, 0.2) is 6.54 Å². The van der Waals surface area contributed by atoms with E-state index in [0.717, 1.165) is 13.2 Å². The summed E-state index contributed by atoms with van der Waals surface area (Å²) >= 11 is 0. The van der Waals surface area contributed by atoms with E-state index in [-0.39, 0.29) is 0 Å². The lowest BCUT2D eigenvalue weighted by Crippen LogP contribution is -2.36. The Morgan fingerprint density at radius 1 is 0.792 bits per heavy atom. The minimum absolute atomic E-state index is 0.657. The van der Waals surface area contributed by atoms with Crippen molar-refractivity contribution in [2.45, 2.75) is 6.54 Å². The molecular weight excluding hydrogens is 297 g/mol. The van der Waals surface area contributed by atoms with Gasteiger partial charge in [0.1, 0.15) is 5.75 Å². The molecule has 0 aliphatic heterocycles. The van der Waals surface area contributed by atoms with Gasteiger partial charge in [0.25, 0.3) is 0 Å². The van der Waals surface area contributed by atoms with Crippen molar-refractivity contribution in [1.82, 2.24) is 0 Å². The van der Waals surface area contributed by atoms with Crippen LogP contribution in [0, 0.1) is 0 Å². The van der Waals surface area contributed by atoms with Gasteiger partial charge >= 0.3 is 7.69 Å². The lowest BCUT2D eigenvalue weighted by atomic mass is 10.1. The third-order valence-electron chi connectivity index (χ3n) is 4.25. The predicted octanol–water partition coefficient (Wildman–Crippen LogP) is 3.23. The lowest BCUT2D eigenvalue weighted by Gasteiger charge is -2.10. The Labute approximate surface area is 141 Å². The van der Waals surface area contributed by atoms with E-state index >= 15 is 0 Å². The number of nitrogens with zero attached hydrogens (tertiary/aromatic N) is 1. The number of aromatic nitrogens is 1. The highest BCUT2D eigenvalue weighted by Gasteiger charge is 2.17. The first-order valence-corrected chi connectivity index (χ1v) is 7.87. The maximum absolute atomic E-state index is 9.00. The molecule has 0 spiro atoms. The second kappa shape index (κ2) is 6.34. The summed E-state index contributed by atoms with van der Waals surface area (Å²) in [5, 5.41) is 11.4. The van der Waals surface area contributed by atoms with Gasteiger partial charge in [-0.2, -0.15) is 4.57 Å². The quantitative estimate of drug-likeness (QED) is 0.356. The Kier molecular flexibility index (Phi) is 3.89. The minimum Gasteiger partial charge on any atom is -0.537 e. The number of pyridine rings is 1. The third kappa shape index (κ3) is 2.61. The summed E-state index contributed by atoms with van der Waals surface area (Å²) in [5.41, 5.74) is 3.34. The Bertz CT molecular complexity index is 962. The van der Waals surface area contributed by atoms with Crippen molar-refractivity contribution >= 4 is 29.5 Å². The van der Waals surface area contributed by atoms with Crippen LogP contribution in [0.2, 0.25) is 0 Å². The molecule has 0 saturated heterocycles. The van der Waals surface area contributed by atoms with Gasteiger partial charge in [-0.25, -0.2) is 0 Å². The molecule has 115 valence electrons. The number of rotatable bonds is 4. The first-order valence-electron chi connectivity index (χ1n) is 7.87. The van der Waals surface area contributed by atoms with Crippen molar-refractivity contribution in [2.75, 3.05) is 0 Å². The molecule has 3 aromatic carbocycles. The monoisotopic (exact) mass is 313 g/mol. The fraction of sp³-hybridized carbons (Fsp3) is 0.0500. The van der Waals surface area contributed by atoms with Crippen LogP contribution >= 0.6 is 0 Å². The van der Waals surface area contributed by atoms with E-state index in [1.165, 1.54) is 21.8 Å². The van der Waals surface area contributed by atoms with Gasteiger partial charge in [-0.3, -0.25) is 0 Å². The molecule has 0 amide bonds. The largest absolute Gasteiger partial charge is 0.569 e. The lowest BCUT2D eigenvalue weighted by molar-refractivity contribution is -0.635. The third-order valence-corrected chi connectivity index (χ3v) is 4.25. The average Bonchev–Trinajstić information content (AvgIpc) is 2.63. The molecule has 0 saturated carbocycles. The summed E-state index contributed by atoms with van der Waals surface area (Å²) in [6.07, 6.45) is 0. The van der Waals surface area contributed by atoms with Crippen LogP contribution < -0.4 is 9.22 Å². The Morgan fingerprint density at radius 3 is 2.04 bits per heavy atom. The molecule has 3 nitrogen and oxygen atoms in total. The second-order valence-electron chi connectivity index (χ2n) is 5.68. The molecule has 1 aromatic heterocycles. The minimum atomic E-state index is 0.657. The number of fused-ring (bicyclic) bond motifs is 2. The molecule has 4 heteroatoms. The zero-order valence-corrected chi connectivity index (χ0v) is 13.1. The highest BCUT2D eigenvalue weighted by Crippen LogP contribution is 2.21. The molecule has 1 N–H and O–H groups in total. The summed E-state index contributed by atoms with van der Waals surface area (Å²) in [4.78, 5) is 0. The van der Waals surface area contributed by atoms with Crippen molar-refractivity contribution in [3.8, 4) is 5.75 Å². The molecule has 1 heterocycles. The van der Waals surface area contributed by atoms with Crippen molar-refractivity contribution < 1.29 is 14.2 Å². The molecule has 0 atom stereocenters. The standard InChI is InChI=1S/C20H16BNO2/c23-21-24-20-12-6-3-9-17(20)14-22-18-10-4-1-7-15(18)13-16-8-2-5-11-19(16)22/h1-13,23H,14H2/q+1. The summed E-state index contributed by atoms with van der Waals surface area (Å²) in [7, 11) is 0.727. The fourth-order valence-corrected chi connectivity index (χ4v) is 3.15. The molecule has 0 bridgehead atoms. The fourth-order valence-electron chi connectivity index (χ4n) is 3.15. The summed E-state index contributed by atoms with van der Waals surface area (Å²) in [6, 6.07) is 26.7. The summed E-state index contributed by atoms with van der Waals surface area (Å²) < 4.78 is 7.53. The van der Waals surface area contributed by atoms with Crippen molar-refractivity contribution in [3.63, 3.8) is 0 Å². The smallest absolute Gasteiger partial charge is 0.537 e. The first-order chi connectivity index (χ1) is 11.9. The van der Waals surface area contributed by atoms with Gasteiger partial charge < -0.3 is 9.68 Å². The molecule has 1 radical (unpaired) electrons. The number of para-hydroxylation sites is 3. The summed E-state index contributed by atoms with van der Waals surface area (Å²) in [6.45, 7) is 0.659. The average molecular weight is 313 g/mol. The zero-order valence-electron chi connectivity index (χ0n) is 13.1. The van der Waals surface area contributed by atoms with Crippen LogP contribution in [0.15, 0.2) is 78.9 Å². The highest BCUT2D eigenvalue weighted by molar-refractivity contribution is 6.17. The molecule has 4 rings (SSSR count). The SMILES string of the molecule is O[B]Oc1ccccc1C[n+]1c2ccccc2cc2ccccc21. The molecule has 0 aliphatic rings. The Balaban J connectivity index is 1.94. The van der Waals surface area contributed by atoms with Gasteiger partial charge in [-0.05, 0) is 30.3 Å². The molecular formula is C20H16BNO2+. The first kappa shape index (κ1) is 14.7. The van der Waals surface area contributed by atoms with Crippen LogP contribution in [0.25, 0.3) is 21.8 Å². The van der Waals surface area contributed by atoms with Crippen LogP contribution in [0.3, 0.4) is 0 Å². The van der Waals surface area contributed by atoms with E-state index in [1.54, 1.807) is 0 Å². The maximum atomic E-state index is 9.00. The molecule has 0 unspecified atom stereocenters.